The average molecular weight is 476 g/mol. The predicted molar refractivity (Wildman–Crippen MR) is 142 cm³/mol. The highest BCUT2D eigenvalue weighted by Gasteiger charge is 2.33. The lowest BCUT2D eigenvalue weighted by atomic mass is 9.99. The maximum Gasteiger partial charge on any atom is 0.266 e. The van der Waals surface area contributed by atoms with Crippen LogP contribution >= 0.6 is 24.0 Å². The highest BCUT2D eigenvalue weighted by Crippen LogP contribution is 2.35. The first-order chi connectivity index (χ1) is 16.1. The minimum absolute atomic E-state index is 0.00595. The summed E-state index contributed by atoms with van der Waals surface area (Å²) in [6.45, 7) is 5.10. The molecule has 1 aromatic heterocycles. The van der Waals surface area contributed by atoms with Crippen LogP contribution in [-0.4, -0.2) is 31.5 Å². The number of unbranched alkanes of at least 4 members (excludes halogenated alkanes) is 1. The second-order valence-electron chi connectivity index (χ2n) is 8.29. The van der Waals surface area contributed by atoms with Gasteiger partial charge in [-0.1, -0.05) is 106 Å². The molecule has 0 bridgehead atoms. The van der Waals surface area contributed by atoms with E-state index in [1.807, 2.05) is 77.6 Å². The smallest absolute Gasteiger partial charge is 0.266 e. The highest BCUT2D eigenvalue weighted by atomic mass is 32.2. The Morgan fingerprint density at radius 2 is 1.76 bits per heavy atom. The minimum Gasteiger partial charge on any atom is -0.293 e. The van der Waals surface area contributed by atoms with E-state index in [9.17, 15) is 4.79 Å². The molecular weight excluding hydrogens is 446 g/mol. The normalized spacial score (nSPS) is 16.1. The average Bonchev–Trinajstić information content (AvgIpc) is 3.39. The molecule has 3 aromatic rings. The first-order valence-corrected chi connectivity index (χ1v) is 12.8. The summed E-state index contributed by atoms with van der Waals surface area (Å²) in [6, 6.07) is 20.1. The summed E-state index contributed by atoms with van der Waals surface area (Å²) in [5.74, 6) is 0.485. The molecule has 1 amide bonds. The number of rotatable bonds is 9. The van der Waals surface area contributed by atoms with Crippen molar-refractivity contribution in [3.63, 3.8) is 0 Å². The van der Waals surface area contributed by atoms with Gasteiger partial charge in [-0.15, -0.1) is 0 Å². The van der Waals surface area contributed by atoms with Crippen LogP contribution in [0.3, 0.4) is 0 Å². The third-order valence-corrected chi connectivity index (χ3v) is 7.33. The zero-order valence-electron chi connectivity index (χ0n) is 19.1. The summed E-state index contributed by atoms with van der Waals surface area (Å²) in [5, 5.41) is 4.86. The SMILES string of the molecule is CCCC[C@@H](CC)CN1C(=O)/C(=C\c2cn(-c3ccccc3)nc2-c2ccccc2)SC1=S. The van der Waals surface area contributed by atoms with E-state index in [1.165, 1.54) is 24.6 Å². The Kier molecular flexibility index (Phi) is 7.78. The molecule has 1 saturated heterocycles. The van der Waals surface area contributed by atoms with E-state index >= 15 is 0 Å². The lowest BCUT2D eigenvalue weighted by Crippen LogP contribution is -2.33. The second kappa shape index (κ2) is 10.9. The summed E-state index contributed by atoms with van der Waals surface area (Å²) in [7, 11) is 0. The Labute approximate surface area is 205 Å². The Hall–Kier alpha value is -2.70. The monoisotopic (exact) mass is 475 g/mol. The van der Waals surface area contributed by atoms with E-state index in [2.05, 4.69) is 13.8 Å². The van der Waals surface area contributed by atoms with Gasteiger partial charge in [0, 0.05) is 23.9 Å². The van der Waals surface area contributed by atoms with Gasteiger partial charge in [0.05, 0.1) is 16.3 Å². The standard InChI is InChI=1S/C27H29N3OS2/c1-3-5-12-20(4-2)18-29-26(31)24(33-27(29)32)17-22-19-30(23-15-10-7-11-16-23)28-25(22)21-13-8-6-9-14-21/h6-11,13-17,19-20H,3-5,12,18H2,1-2H3/b24-17+/t20-/m1/s1. The van der Waals surface area contributed by atoms with Crippen molar-refractivity contribution in [2.45, 2.75) is 39.5 Å². The van der Waals surface area contributed by atoms with Crippen molar-refractivity contribution in [1.82, 2.24) is 14.7 Å². The van der Waals surface area contributed by atoms with Gasteiger partial charge in [-0.3, -0.25) is 9.69 Å². The zero-order valence-corrected chi connectivity index (χ0v) is 20.7. The number of aromatic nitrogens is 2. The number of hydrogen-bond acceptors (Lipinski definition) is 4. The van der Waals surface area contributed by atoms with Crippen LogP contribution in [0.1, 0.15) is 45.1 Å². The summed E-state index contributed by atoms with van der Waals surface area (Å²) in [6.07, 6.45) is 8.47. The molecule has 0 radical (unpaired) electrons. The number of thioether (sulfide) groups is 1. The fourth-order valence-corrected chi connectivity index (χ4v) is 5.27. The third kappa shape index (κ3) is 5.45. The summed E-state index contributed by atoms with van der Waals surface area (Å²) in [5.41, 5.74) is 3.74. The van der Waals surface area contributed by atoms with Crippen molar-refractivity contribution in [1.29, 1.82) is 0 Å². The van der Waals surface area contributed by atoms with Crippen molar-refractivity contribution >= 4 is 40.3 Å². The van der Waals surface area contributed by atoms with Gasteiger partial charge in [-0.05, 0) is 30.5 Å². The summed E-state index contributed by atoms with van der Waals surface area (Å²) in [4.78, 5) is 15.7. The number of benzene rings is 2. The molecule has 1 aliphatic heterocycles. The molecule has 1 aliphatic rings. The Morgan fingerprint density at radius 3 is 2.42 bits per heavy atom. The van der Waals surface area contributed by atoms with Crippen molar-refractivity contribution in [3.8, 4) is 16.9 Å². The van der Waals surface area contributed by atoms with Gasteiger partial charge in [-0.2, -0.15) is 5.10 Å². The molecule has 33 heavy (non-hydrogen) atoms. The summed E-state index contributed by atoms with van der Waals surface area (Å²) >= 11 is 7.00. The quantitative estimate of drug-likeness (QED) is 0.248. The van der Waals surface area contributed by atoms with E-state index in [0.29, 0.717) is 21.7 Å². The van der Waals surface area contributed by atoms with Gasteiger partial charge in [0.25, 0.3) is 5.91 Å². The predicted octanol–water partition coefficient (Wildman–Crippen LogP) is 6.96. The molecule has 0 saturated carbocycles. The molecule has 0 aliphatic carbocycles. The molecular formula is C27H29N3OS2. The lowest BCUT2D eigenvalue weighted by Gasteiger charge is -2.21. The molecule has 6 heteroatoms. The maximum absolute atomic E-state index is 13.3. The minimum atomic E-state index is 0.00595. The van der Waals surface area contributed by atoms with E-state index in [0.717, 1.165) is 35.3 Å². The number of para-hydroxylation sites is 1. The molecule has 1 fully saturated rings. The number of amides is 1. The Morgan fingerprint density at radius 1 is 1.06 bits per heavy atom. The van der Waals surface area contributed by atoms with Crippen LogP contribution in [0.25, 0.3) is 23.0 Å². The lowest BCUT2D eigenvalue weighted by molar-refractivity contribution is -0.122. The van der Waals surface area contributed by atoms with Crippen LogP contribution in [0.5, 0.6) is 0 Å². The Bertz CT molecular complexity index is 1140. The van der Waals surface area contributed by atoms with E-state index in [1.54, 1.807) is 4.90 Å². The van der Waals surface area contributed by atoms with Gasteiger partial charge in [0.2, 0.25) is 0 Å². The molecule has 2 heterocycles. The maximum atomic E-state index is 13.3. The molecule has 4 rings (SSSR count). The van der Waals surface area contributed by atoms with Crippen LogP contribution in [0.2, 0.25) is 0 Å². The van der Waals surface area contributed by atoms with E-state index < -0.39 is 0 Å². The molecule has 170 valence electrons. The van der Waals surface area contributed by atoms with Crippen LogP contribution < -0.4 is 0 Å². The van der Waals surface area contributed by atoms with Crippen LogP contribution in [0.15, 0.2) is 71.8 Å². The first kappa shape index (κ1) is 23.5. The van der Waals surface area contributed by atoms with Crippen molar-refractivity contribution in [2.75, 3.05) is 6.54 Å². The molecule has 0 spiro atoms. The number of carbonyl (C=O) groups excluding carboxylic acids is 1. The van der Waals surface area contributed by atoms with Gasteiger partial charge < -0.3 is 0 Å². The topological polar surface area (TPSA) is 38.1 Å². The van der Waals surface area contributed by atoms with Gasteiger partial charge >= 0.3 is 0 Å². The molecule has 2 aromatic carbocycles. The van der Waals surface area contributed by atoms with Gasteiger partial charge in [-0.25, -0.2) is 4.68 Å². The second-order valence-corrected chi connectivity index (χ2v) is 9.96. The number of thiocarbonyl (C=S) groups is 1. The van der Waals surface area contributed by atoms with Crippen LogP contribution in [-0.2, 0) is 4.79 Å². The zero-order chi connectivity index (χ0) is 23.2. The number of nitrogens with zero attached hydrogens (tertiary/aromatic N) is 3. The number of hydrogen-bond donors (Lipinski definition) is 0. The van der Waals surface area contributed by atoms with E-state index in [-0.39, 0.29) is 5.91 Å². The largest absolute Gasteiger partial charge is 0.293 e. The van der Waals surface area contributed by atoms with Crippen molar-refractivity contribution in [3.05, 3.63) is 77.3 Å². The molecule has 0 N–H and O–H groups in total. The molecule has 4 nitrogen and oxygen atoms in total. The highest BCUT2D eigenvalue weighted by molar-refractivity contribution is 8.26. The molecule has 0 unspecified atom stereocenters. The van der Waals surface area contributed by atoms with Crippen LogP contribution in [0, 0.1) is 5.92 Å². The number of carbonyl (C=O) groups is 1. The first-order valence-electron chi connectivity index (χ1n) is 11.6. The fraction of sp³-hybridized carbons (Fsp3) is 0.296. The Balaban J connectivity index is 1.66. The fourth-order valence-electron chi connectivity index (χ4n) is 4.00. The van der Waals surface area contributed by atoms with Gasteiger partial charge in [0.15, 0.2) is 0 Å². The van der Waals surface area contributed by atoms with E-state index in [4.69, 9.17) is 17.3 Å². The summed E-state index contributed by atoms with van der Waals surface area (Å²) < 4.78 is 2.52. The van der Waals surface area contributed by atoms with Crippen molar-refractivity contribution < 1.29 is 4.79 Å². The molecule has 1 atom stereocenters. The van der Waals surface area contributed by atoms with Crippen LogP contribution in [0.4, 0.5) is 0 Å². The van der Waals surface area contributed by atoms with Gasteiger partial charge in [0.1, 0.15) is 4.32 Å². The van der Waals surface area contributed by atoms with Crippen molar-refractivity contribution in [2.24, 2.45) is 5.92 Å². The third-order valence-electron chi connectivity index (χ3n) is 5.95.